The van der Waals surface area contributed by atoms with E-state index in [0.29, 0.717) is 0 Å². The number of fused-ring (bicyclic) bond motifs is 1. The van der Waals surface area contributed by atoms with Crippen LogP contribution in [-0.2, 0) is 16.2 Å². The summed E-state index contributed by atoms with van der Waals surface area (Å²) in [5, 5.41) is 12.4. The number of anilines is 2. The first-order valence-electron chi connectivity index (χ1n) is 13.7. The number of amides is 3. The van der Waals surface area contributed by atoms with E-state index in [1.165, 1.54) is 47.2 Å². The zero-order valence-electron chi connectivity index (χ0n) is 24.2. The lowest BCUT2D eigenvalue weighted by molar-refractivity contribution is -0.137. The summed E-state index contributed by atoms with van der Waals surface area (Å²) in [6.45, 7) is 3.25. The van der Waals surface area contributed by atoms with E-state index in [1.54, 1.807) is 32.0 Å². The number of para-hydroxylation sites is 1. The Morgan fingerprint density at radius 2 is 1.75 bits per heavy atom. The monoisotopic (exact) mass is 634 g/mol. The van der Waals surface area contributed by atoms with Gasteiger partial charge < -0.3 is 25.0 Å². The summed E-state index contributed by atoms with van der Waals surface area (Å²) in [4.78, 5) is 29.4. The zero-order valence-corrected chi connectivity index (χ0v) is 25.0. The molecule has 1 aliphatic rings. The smallest absolute Gasteiger partial charge is 0.416 e. The van der Waals surface area contributed by atoms with Crippen molar-refractivity contribution in [3.63, 3.8) is 0 Å². The Balaban J connectivity index is 1.64. The van der Waals surface area contributed by atoms with Gasteiger partial charge in [0.25, 0.3) is 15.9 Å². The average molecular weight is 635 g/mol. The molecule has 0 radical (unpaired) electrons. The van der Waals surface area contributed by atoms with Gasteiger partial charge in [-0.25, -0.2) is 13.2 Å². The third-order valence-electron chi connectivity index (χ3n) is 7.25. The summed E-state index contributed by atoms with van der Waals surface area (Å²) < 4.78 is 74.0. The van der Waals surface area contributed by atoms with Crippen LogP contribution in [0.25, 0.3) is 0 Å². The Kier molecular flexibility index (Phi) is 9.74. The minimum atomic E-state index is -4.52. The van der Waals surface area contributed by atoms with Crippen molar-refractivity contribution >= 4 is 33.3 Å². The Bertz CT molecular complexity index is 1590. The van der Waals surface area contributed by atoms with Crippen molar-refractivity contribution in [3.8, 4) is 5.75 Å². The summed E-state index contributed by atoms with van der Waals surface area (Å²) in [5.74, 6) is -0.928. The first kappa shape index (κ1) is 32.6. The maximum atomic E-state index is 13.7. The number of halogens is 3. The van der Waals surface area contributed by atoms with Crippen LogP contribution in [0.1, 0.15) is 29.8 Å². The second-order valence-electron chi connectivity index (χ2n) is 10.6. The van der Waals surface area contributed by atoms with Crippen LogP contribution in [0.15, 0.2) is 77.7 Å². The number of benzene rings is 3. The van der Waals surface area contributed by atoms with E-state index in [4.69, 9.17) is 4.74 Å². The number of ether oxygens (including phenoxy) is 1. The van der Waals surface area contributed by atoms with Crippen LogP contribution < -0.4 is 14.8 Å². The molecule has 1 heterocycles. The molecular formula is C30H33F3N4O6S. The lowest BCUT2D eigenvalue weighted by atomic mass is 9.99. The summed E-state index contributed by atoms with van der Waals surface area (Å²) >= 11 is 0. The molecule has 3 N–H and O–H groups in total. The van der Waals surface area contributed by atoms with Crippen LogP contribution in [-0.4, -0.2) is 74.2 Å². The molecule has 1 aliphatic heterocycles. The number of nitrogens with one attached hydrogen (secondary N) is 2. The van der Waals surface area contributed by atoms with Gasteiger partial charge >= 0.3 is 12.2 Å². The number of alkyl halides is 3. The minimum Gasteiger partial charge on any atom is -0.485 e. The van der Waals surface area contributed by atoms with E-state index in [1.807, 2.05) is 0 Å². The predicted octanol–water partition coefficient (Wildman–Crippen LogP) is 4.89. The van der Waals surface area contributed by atoms with Gasteiger partial charge in [0.15, 0.2) is 5.75 Å². The summed E-state index contributed by atoms with van der Waals surface area (Å²) in [7, 11) is -2.60. The molecule has 4 rings (SSSR count). The first-order valence-corrected chi connectivity index (χ1v) is 15.2. The summed E-state index contributed by atoms with van der Waals surface area (Å²) in [6.07, 6.45) is -5.29. The van der Waals surface area contributed by atoms with E-state index in [2.05, 4.69) is 10.0 Å². The van der Waals surface area contributed by atoms with Crippen molar-refractivity contribution < 1.29 is 41.0 Å². The molecule has 0 aromatic heterocycles. The maximum absolute atomic E-state index is 13.7. The van der Waals surface area contributed by atoms with E-state index in [9.17, 15) is 36.3 Å². The van der Waals surface area contributed by atoms with E-state index in [-0.39, 0.29) is 47.3 Å². The first-order chi connectivity index (χ1) is 20.7. The number of aliphatic hydroxyl groups excluding tert-OH is 1. The van der Waals surface area contributed by atoms with Gasteiger partial charge in [0, 0.05) is 25.2 Å². The van der Waals surface area contributed by atoms with Gasteiger partial charge in [-0.05, 0) is 55.5 Å². The van der Waals surface area contributed by atoms with Crippen LogP contribution in [0.4, 0.5) is 29.3 Å². The number of urea groups is 1. The number of sulfonamides is 1. The highest BCUT2D eigenvalue weighted by molar-refractivity contribution is 7.92. The second kappa shape index (κ2) is 13.1. The van der Waals surface area contributed by atoms with Gasteiger partial charge in [-0.1, -0.05) is 31.2 Å². The molecule has 3 aromatic rings. The Labute approximate surface area is 253 Å². The third kappa shape index (κ3) is 7.42. The molecule has 10 nitrogen and oxygen atoms in total. The molecule has 0 saturated carbocycles. The highest BCUT2D eigenvalue weighted by atomic mass is 32.2. The minimum absolute atomic E-state index is 0.00473. The number of rotatable bonds is 8. The number of nitrogens with zero attached hydrogens (tertiary/aromatic N) is 2. The van der Waals surface area contributed by atoms with Crippen LogP contribution in [0.5, 0.6) is 5.75 Å². The third-order valence-corrected chi connectivity index (χ3v) is 8.63. The molecule has 0 unspecified atom stereocenters. The predicted molar refractivity (Wildman–Crippen MR) is 158 cm³/mol. The van der Waals surface area contributed by atoms with Gasteiger partial charge in [0.1, 0.15) is 6.10 Å². The Morgan fingerprint density at radius 1 is 1.09 bits per heavy atom. The maximum Gasteiger partial charge on any atom is 0.416 e. The van der Waals surface area contributed by atoms with Crippen molar-refractivity contribution in [3.05, 3.63) is 83.9 Å². The van der Waals surface area contributed by atoms with E-state index in [0.717, 1.165) is 24.3 Å². The van der Waals surface area contributed by atoms with Gasteiger partial charge in [0.2, 0.25) is 0 Å². The largest absolute Gasteiger partial charge is 0.485 e. The number of carbonyl (C=O) groups excluding carboxylic acids is 2. The number of likely N-dealkylation sites (N-methyl/N-ethyl adjacent to an activating group) is 1. The summed E-state index contributed by atoms with van der Waals surface area (Å²) in [5.41, 5.74) is -0.633. The van der Waals surface area contributed by atoms with Crippen LogP contribution in [0.2, 0.25) is 0 Å². The van der Waals surface area contributed by atoms with E-state index < -0.39 is 51.8 Å². The Morgan fingerprint density at radius 3 is 2.36 bits per heavy atom. The molecule has 14 heteroatoms. The van der Waals surface area contributed by atoms with Crippen molar-refractivity contribution in [1.29, 1.82) is 0 Å². The van der Waals surface area contributed by atoms with Gasteiger partial charge in [0.05, 0.1) is 40.9 Å². The number of aliphatic hydroxyl groups is 1. The second-order valence-corrected chi connectivity index (χ2v) is 12.3. The van der Waals surface area contributed by atoms with Crippen molar-refractivity contribution in [1.82, 2.24) is 9.80 Å². The Hall–Kier alpha value is -4.30. The molecule has 3 amide bonds. The zero-order chi connectivity index (χ0) is 32.2. The molecule has 0 spiro atoms. The molecular weight excluding hydrogens is 601 g/mol. The molecule has 3 atom stereocenters. The topological polar surface area (TPSA) is 128 Å². The SMILES string of the molecule is C[C@@H]1CN([C@H](C)CO)C(=O)c2cccc(NS(=O)(=O)c3ccccc3)c2O[C@@H]1CN(C)C(=O)Nc1ccc(C(F)(F)F)cc1. The van der Waals surface area contributed by atoms with Gasteiger partial charge in [-0.15, -0.1) is 0 Å². The summed E-state index contributed by atoms with van der Waals surface area (Å²) in [6, 6.07) is 14.9. The molecule has 0 bridgehead atoms. The number of hydrogen-bond donors (Lipinski definition) is 3. The number of hydrogen-bond acceptors (Lipinski definition) is 6. The average Bonchev–Trinajstić information content (AvgIpc) is 2.98. The van der Waals surface area contributed by atoms with Crippen LogP contribution >= 0.6 is 0 Å². The lowest BCUT2D eigenvalue weighted by Crippen LogP contribution is -2.50. The van der Waals surface area contributed by atoms with Crippen molar-refractivity contribution in [2.24, 2.45) is 5.92 Å². The fourth-order valence-corrected chi connectivity index (χ4v) is 5.74. The number of carbonyl (C=O) groups is 2. The van der Waals surface area contributed by atoms with Crippen LogP contribution in [0.3, 0.4) is 0 Å². The molecule has 3 aromatic carbocycles. The van der Waals surface area contributed by atoms with Crippen LogP contribution in [0, 0.1) is 5.92 Å². The quantitative estimate of drug-likeness (QED) is 0.324. The normalized spacial score (nSPS) is 17.9. The van der Waals surface area contributed by atoms with Crippen molar-refractivity contribution in [2.45, 2.75) is 37.1 Å². The van der Waals surface area contributed by atoms with Gasteiger partial charge in [-0.2, -0.15) is 13.2 Å². The highest BCUT2D eigenvalue weighted by Crippen LogP contribution is 2.36. The standard InChI is InChI=1S/C30H33F3N4O6S/c1-19-16-37(20(2)18-38)28(39)24-10-7-11-25(35-44(41,42)23-8-5-4-6-9-23)27(24)43-26(19)17-36(3)29(40)34-22-14-12-21(13-15-22)30(31,32)33/h4-15,19-20,26,35,38H,16-18H2,1-3H3,(H,34,40)/t19-,20-,26-/m1/s1. The molecule has 0 fully saturated rings. The fraction of sp³-hybridized carbons (Fsp3) is 0.333. The van der Waals surface area contributed by atoms with E-state index >= 15 is 0 Å². The fourth-order valence-electron chi connectivity index (χ4n) is 4.66. The molecule has 0 saturated heterocycles. The highest BCUT2D eigenvalue weighted by Gasteiger charge is 2.36. The molecule has 236 valence electrons. The van der Waals surface area contributed by atoms with Gasteiger partial charge in [-0.3, -0.25) is 9.52 Å². The lowest BCUT2D eigenvalue weighted by Gasteiger charge is -2.38. The molecule has 0 aliphatic carbocycles. The van der Waals surface area contributed by atoms with Crippen molar-refractivity contribution in [2.75, 3.05) is 36.8 Å². The molecule has 44 heavy (non-hydrogen) atoms.